The van der Waals surface area contributed by atoms with Crippen molar-refractivity contribution in [2.75, 3.05) is 11.9 Å². The van der Waals surface area contributed by atoms with E-state index < -0.39 is 5.60 Å². The first-order chi connectivity index (χ1) is 8.26. The van der Waals surface area contributed by atoms with E-state index in [0.29, 0.717) is 5.82 Å². The van der Waals surface area contributed by atoms with Crippen molar-refractivity contribution in [1.29, 1.82) is 0 Å². The van der Waals surface area contributed by atoms with E-state index in [1.54, 1.807) is 18.1 Å². The molecule has 2 aliphatic rings. The van der Waals surface area contributed by atoms with Crippen molar-refractivity contribution in [3.8, 4) is 0 Å². The van der Waals surface area contributed by atoms with Crippen LogP contribution in [0, 0.1) is 5.41 Å². The number of fused-ring (bicyclic) bond motifs is 2. The maximum absolute atomic E-state index is 12.6. The van der Waals surface area contributed by atoms with Crippen LogP contribution in [0.1, 0.15) is 33.3 Å². The van der Waals surface area contributed by atoms with Gasteiger partial charge in [-0.05, 0) is 19.9 Å². The minimum absolute atomic E-state index is 0.0134. The molecule has 1 aromatic rings. The number of rotatable bonds is 0. The van der Waals surface area contributed by atoms with Crippen LogP contribution in [0.15, 0.2) is 18.3 Å². The number of amides is 1. The standard InChI is InChI=1S/C14H18N2O2/c1-12(2)13(3,4)18-14(12)9-7-6-8-15-10(9)16(5)11(14)17/h6-8H,1-5H3. The topological polar surface area (TPSA) is 42.4 Å². The van der Waals surface area contributed by atoms with Gasteiger partial charge in [0.15, 0.2) is 5.60 Å². The molecule has 0 N–H and O–H groups in total. The van der Waals surface area contributed by atoms with Gasteiger partial charge in [0.2, 0.25) is 0 Å². The summed E-state index contributed by atoms with van der Waals surface area (Å²) in [5, 5.41) is 0. The Hall–Kier alpha value is -1.42. The van der Waals surface area contributed by atoms with Gasteiger partial charge < -0.3 is 4.74 Å². The Morgan fingerprint density at radius 1 is 1.28 bits per heavy atom. The molecule has 4 heteroatoms. The molecular formula is C14H18N2O2. The fourth-order valence-electron chi connectivity index (χ4n) is 3.10. The Morgan fingerprint density at radius 3 is 2.50 bits per heavy atom. The molecule has 1 spiro atoms. The third-order valence-electron chi connectivity index (χ3n) is 4.88. The molecule has 1 saturated heterocycles. The SMILES string of the molecule is CN1C(=O)C2(OC(C)(C)C2(C)C)c2cccnc21. The molecular weight excluding hydrogens is 228 g/mol. The van der Waals surface area contributed by atoms with Gasteiger partial charge in [-0.2, -0.15) is 0 Å². The number of pyridine rings is 1. The lowest BCUT2D eigenvalue weighted by Gasteiger charge is -2.63. The first-order valence-electron chi connectivity index (χ1n) is 6.19. The van der Waals surface area contributed by atoms with Crippen LogP contribution in [0.4, 0.5) is 5.82 Å². The number of nitrogens with zero attached hydrogens (tertiary/aromatic N) is 2. The lowest BCUT2D eigenvalue weighted by Crippen LogP contribution is -2.72. The molecule has 2 aliphatic heterocycles. The summed E-state index contributed by atoms with van der Waals surface area (Å²) in [6.45, 7) is 8.23. The summed E-state index contributed by atoms with van der Waals surface area (Å²) in [5.74, 6) is 0.701. The smallest absolute Gasteiger partial charge is 0.265 e. The van der Waals surface area contributed by atoms with Crippen LogP contribution in [0.3, 0.4) is 0 Å². The van der Waals surface area contributed by atoms with Gasteiger partial charge in [0, 0.05) is 24.2 Å². The fraction of sp³-hybridized carbons (Fsp3) is 0.571. The zero-order valence-electron chi connectivity index (χ0n) is 11.4. The molecule has 0 aromatic carbocycles. The van der Waals surface area contributed by atoms with Crippen molar-refractivity contribution < 1.29 is 9.53 Å². The molecule has 1 fully saturated rings. The number of hydrogen-bond donors (Lipinski definition) is 0. The number of carbonyl (C=O) groups excluding carboxylic acids is 1. The molecule has 3 rings (SSSR count). The molecule has 0 radical (unpaired) electrons. The van der Waals surface area contributed by atoms with Gasteiger partial charge in [-0.15, -0.1) is 0 Å². The average Bonchev–Trinajstić information content (AvgIpc) is 2.54. The summed E-state index contributed by atoms with van der Waals surface area (Å²) < 4.78 is 6.07. The number of carbonyl (C=O) groups is 1. The van der Waals surface area contributed by atoms with Crippen LogP contribution in [-0.2, 0) is 15.1 Å². The predicted molar refractivity (Wildman–Crippen MR) is 68.3 cm³/mol. The maximum atomic E-state index is 12.6. The molecule has 3 heterocycles. The molecule has 0 aliphatic carbocycles. The molecule has 1 amide bonds. The fourth-order valence-corrected chi connectivity index (χ4v) is 3.10. The molecule has 0 saturated carbocycles. The van der Waals surface area contributed by atoms with Crippen LogP contribution in [-0.4, -0.2) is 23.5 Å². The minimum Gasteiger partial charge on any atom is -0.353 e. The molecule has 96 valence electrons. The number of hydrogen-bond acceptors (Lipinski definition) is 3. The van der Waals surface area contributed by atoms with E-state index in [1.807, 2.05) is 26.0 Å². The van der Waals surface area contributed by atoms with E-state index in [-0.39, 0.29) is 16.9 Å². The van der Waals surface area contributed by atoms with Gasteiger partial charge in [0.1, 0.15) is 5.82 Å². The molecule has 1 aromatic heterocycles. The van der Waals surface area contributed by atoms with Gasteiger partial charge in [-0.1, -0.05) is 19.9 Å². The second-order valence-corrected chi connectivity index (χ2v) is 6.16. The van der Waals surface area contributed by atoms with Crippen LogP contribution < -0.4 is 4.90 Å². The average molecular weight is 246 g/mol. The Balaban J connectivity index is 2.24. The summed E-state index contributed by atoms with van der Waals surface area (Å²) >= 11 is 0. The van der Waals surface area contributed by atoms with E-state index in [0.717, 1.165) is 5.56 Å². The van der Waals surface area contributed by atoms with E-state index in [1.165, 1.54) is 0 Å². The van der Waals surface area contributed by atoms with Crippen LogP contribution in [0.25, 0.3) is 0 Å². The number of aromatic nitrogens is 1. The number of likely N-dealkylation sites (N-methyl/N-ethyl adjacent to an activating group) is 1. The Labute approximate surface area is 107 Å². The monoisotopic (exact) mass is 246 g/mol. The quantitative estimate of drug-likeness (QED) is 0.704. The second kappa shape index (κ2) is 2.94. The molecule has 1 atom stereocenters. The third-order valence-corrected chi connectivity index (χ3v) is 4.88. The van der Waals surface area contributed by atoms with Crippen LogP contribution >= 0.6 is 0 Å². The lowest BCUT2D eigenvalue weighted by atomic mass is 9.57. The highest BCUT2D eigenvalue weighted by Crippen LogP contribution is 2.65. The number of anilines is 1. The summed E-state index contributed by atoms with van der Waals surface area (Å²) in [6.07, 6.45) is 1.71. The van der Waals surface area contributed by atoms with Crippen molar-refractivity contribution in [3.63, 3.8) is 0 Å². The van der Waals surface area contributed by atoms with Crippen molar-refractivity contribution in [2.45, 2.75) is 38.9 Å². The van der Waals surface area contributed by atoms with Gasteiger partial charge in [-0.25, -0.2) is 4.98 Å². The second-order valence-electron chi connectivity index (χ2n) is 6.16. The minimum atomic E-state index is -0.866. The highest BCUT2D eigenvalue weighted by Gasteiger charge is 2.74. The molecule has 4 nitrogen and oxygen atoms in total. The summed E-state index contributed by atoms with van der Waals surface area (Å²) in [4.78, 5) is 18.5. The van der Waals surface area contributed by atoms with Crippen molar-refractivity contribution in [2.24, 2.45) is 5.41 Å². The van der Waals surface area contributed by atoms with Crippen molar-refractivity contribution in [3.05, 3.63) is 23.9 Å². The predicted octanol–water partition coefficient (Wildman–Crippen LogP) is 2.09. The summed E-state index contributed by atoms with van der Waals surface area (Å²) in [6, 6.07) is 3.80. The van der Waals surface area contributed by atoms with Crippen LogP contribution in [0.2, 0.25) is 0 Å². The Morgan fingerprint density at radius 2 is 1.94 bits per heavy atom. The third kappa shape index (κ3) is 0.937. The molecule has 0 bridgehead atoms. The normalized spacial score (nSPS) is 31.4. The molecule has 18 heavy (non-hydrogen) atoms. The zero-order valence-corrected chi connectivity index (χ0v) is 11.4. The highest BCUT2D eigenvalue weighted by atomic mass is 16.6. The van der Waals surface area contributed by atoms with Crippen LogP contribution in [0.5, 0.6) is 0 Å². The summed E-state index contributed by atoms with van der Waals surface area (Å²) in [7, 11) is 1.76. The largest absolute Gasteiger partial charge is 0.353 e. The van der Waals surface area contributed by atoms with Gasteiger partial charge in [-0.3, -0.25) is 9.69 Å². The zero-order chi connectivity index (χ0) is 13.3. The van der Waals surface area contributed by atoms with Crippen molar-refractivity contribution >= 4 is 11.7 Å². The van der Waals surface area contributed by atoms with Gasteiger partial charge in [0.05, 0.1) is 5.60 Å². The Bertz CT molecular complexity index is 550. The van der Waals surface area contributed by atoms with E-state index in [4.69, 9.17) is 4.74 Å². The lowest BCUT2D eigenvalue weighted by molar-refractivity contribution is -0.342. The molecule has 1 unspecified atom stereocenters. The maximum Gasteiger partial charge on any atom is 0.265 e. The first-order valence-corrected chi connectivity index (χ1v) is 6.19. The van der Waals surface area contributed by atoms with E-state index in [2.05, 4.69) is 18.8 Å². The van der Waals surface area contributed by atoms with Crippen molar-refractivity contribution in [1.82, 2.24) is 4.98 Å². The van der Waals surface area contributed by atoms with Gasteiger partial charge in [0.25, 0.3) is 5.91 Å². The van der Waals surface area contributed by atoms with E-state index >= 15 is 0 Å². The van der Waals surface area contributed by atoms with E-state index in [9.17, 15) is 4.79 Å². The van der Waals surface area contributed by atoms with Gasteiger partial charge >= 0.3 is 0 Å². The summed E-state index contributed by atoms with van der Waals surface area (Å²) in [5.41, 5.74) is -0.558. The number of ether oxygens (including phenoxy) is 1. The Kier molecular flexibility index (Phi) is 1.90. The first kappa shape index (κ1) is 11.7. The highest BCUT2D eigenvalue weighted by molar-refractivity contribution is 6.07.